The van der Waals surface area contributed by atoms with Crippen LogP contribution in [0.3, 0.4) is 0 Å². The van der Waals surface area contributed by atoms with Crippen LogP contribution in [0.4, 0.5) is 0 Å². The summed E-state index contributed by atoms with van der Waals surface area (Å²) in [6.07, 6.45) is 3.16. The molecule has 0 fully saturated rings. The van der Waals surface area contributed by atoms with E-state index >= 15 is 0 Å². The summed E-state index contributed by atoms with van der Waals surface area (Å²) < 4.78 is 0. The van der Waals surface area contributed by atoms with E-state index in [9.17, 15) is 9.59 Å². The van der Waals surface area contributed by atoms with Crippen molar-refractivity contribution in [3.8, 4) is 0 Å². The van der Waals surface area contributed by atoms with E-state index in [0.29, 0.717) is 6.54 Å². The molecule has 17 heavy (non-hydrogen) atoms. The van der Waals surface area contributed by atoms with Crippen LogP contribution in [0.15, 0.2) is 0 Å². The van der Waals surface area contributed by atoms with E-state index in [1.807, 2.05) is 0 Å². The quantitative estimate of drug-likeness (QED) is 0.564. The zero-order valence-electron chi connectivity index (χ0n) is 10.9. The first-order valence-electron chi connectivity index (χ1n) is 6.23. The molecule has 0 aliphatic heterocycles. The second-order valence-corrected chi connectivity index (χ2v) is 4.20. The fraction of sp³-hybridized carbons (Fsp3) is 0.833. The van der Waals surface area contributed by atoms with Gasteiger partial charge < -0.3 is 15.3 Å². The molecule has 0 aliphatic carbocycles. The highest BCUT2D eigenvalue weighted by Gasteiger charge is 2.04. The summed E-state index contributed by atoms with van der Waals surface area (Å²) in [5.41, 5.74) is 0. The van der Waals surface area contributed by atoms with Gasteiger partial charge in [-0.2, -0.15) is 0 Å². The summed E-state index contributed by atoms with van der Waals surface area (Å²) in [5, 5.41) is 11.1. The molecule has 0 radical (unpaired) electrons. The van der Waals surface area contributed by atoms with Gasteiger partial charge in [-0.15, -0.1) is 0 Å². The van der Waals surface area contributed by atoms with Gasteiger partial charge >= 0.3 is 5.97 Å². The third-order valence-corrected chi connectivity index (χ3v) is 2.64. The third kappa shape index (κ3) is 11.2. The summed E-state index contributed by atoms with van der Waals surface area (Å²) in [6, 6.07) is 0. The first-order valence-corrected chi connectivity index (χ1v) is 6.23. The van der Waals surface area contributed by atoms with Gasteiger partial charge in [0, 0.05) is 13.0 Å². The van der Waals surface area contributed by atoms with Crippen molar-refractivity contribution in [3.05, 3.63) is 0 Å². The smallest absolute Gasteiger partial charge is 0.303 e. The molecule has 0 aromatic carbocycles. The molecule has 0 bridgehead atoms. The van der Waals surface area contributed by atoms with Crippen LogP contribution in [0, 0.1) is 0 Å². The van der Waals surface area contributed by atoms with Crippen molar-refractivity contribution < 1.29 is 14.7 Å². The number of unbranched alkanes of at least 4 members (excludes halogenated alkanes) is 2. The Morgan fingerprint density at radius 3 is 2.47 bits per heavy atom. The maximum absolute atomic E-state index is 11.2. The monoisotopic (exact) mass is 244 g/mol. The zero-order chi connectivity index (χ0) is 13.1. The Morgan fingerprint density at radius 1 is 1.18 bits per heavy atom. The van der Waals surface area contributed by atoms with Crippen LogP contribution in [0.2, 0.25) is 0 Å². The fourth-order valence-corrected chi connectivity index (χ4v) is 1.38. The highest BCUT2D eigenvalue weighted by molar-refractivity contribution is 5.80. The van der Waals surface area contributed by atoms with Gasteiger partial charge in [0.25, 0.3) is 0 Å². The number of hydrogen-bond acceptors (Lipinski definition) is 3. The summed E-state index contributed by atoms with van der Waals surface area (Å²) in [5.74, 6) is -1.10. The molecule has 0 aliphatic rings. The minimum Gasteiger partial charge on any atom is -0.481 e. The number of carboxylic acids is 1. The van der Waals surface area contributed by atoms with Gasteiger partial charge in [0.05, 0.1) is 6.42 Å². The largest absolute Gasteiger partial charge is 0.481 e. The first kappa shape index (κ1) is 15.9. The topological polar surface area (TPSA) is 69.6 Å². The van der Waals surface area contributed by atoms with Gasteiger partial charge in [0.2, 0.25) is 5.91 Å². The molecule has 5 nitrogen and oxygen atoms in total. The highest BCUT2D eigenvalue weighted by atomic mass is 16.4. The fourth-order valence-electron chi connectivity index (χ4n) is 1.38. The number of nitrogens with zero attached hydrogens (tertiary/aromatic N) is 1. The van der Waals surface area contributed by atoms with Crippen molar-refractivity contribution in [2.24, 2.45) is 0 Å². The van der Waals surface area contributed by atoms with Crippen molar-refractivity contribution >= 4 is 11.9 Å². The van der Waals surface area contributed by atoms with Crippen LogP contribution >= 0.6 is 0 Å². The van der Waals surface area contributed by atoms with Gasteiger partial charge in [0.15, 0.2) is 0 Å². The van der Waals surface area contributed by atoms with Gasteiger partial charge in [-0.1, -0.05) is 13.3 Å². The predicted octanol–water partition coefficient (Wildman–Crippen LogP) is 1.09. The van der Waals surface area contributed by atoms with Crippen LogP contribution in [-0.2, 0) is 9.59 Å². The minimum atomic E-state index is -0.928. The molecule has 0 rings (SSSR count). The van der Waals surface area contributed by atoms with Crippen molar-refractivity contribution in [2.45, 2.75) is 39.0 Å². The van der Waals surface area contributed by atoms with E-state index in [-0.39, 0.29) is 18.7 Å². The van der Waals surface area contributed by atoms with Gasteiger partial charge in [-0.3, -0.25) is 9.59 Å². The van der Waals surface area contributed by atoms with Gasteiger partial charge in [-0.05, 0) is 33.0 Å². The number of carbonyl (C=O) groups excluding carboxylic acids is 1. The molecule has 5 heteroatoms. The number of hydrogen-bond donors (Lipinski definition) is 2. The maximum atomic E-state index is 11.2. The molecule has 0 unspecified atom stereocenters. The third-order valence-electron chi connectivity index (χ3n) is 2.64. The highest BCUT2D eigenvalue weighted by Crippen LogP contribution is 1.96. The molecule has 1 amide bonds. The lowest BCUT2D eigenvalue weighted by molar-refractivity contribution is -0.138. The number of nitrogens with one attached hydrogen (secondary N) is 1. The molecule has 0 saturated carbocycles. The molecule has 100 valence electrons. The van der Waals surface area contributed by atoms with E-state index in [4.69, 9.17) is 5.11 Å². The SMILES string of the molecule is CCN(C)CCCCCNC(=O)CCC(=O)O. The molecular weight excluding hydrogens is 220 g/mol. The molecular formula is C12H24N2O3. The van der Waals surface area contributed by atoms with Crippen LogP contribution in [-0.4, -0.2) is 48.6 Å². The minimum absolute atomic E-state index is 0.0773. The van der Waals surface area contributed by atoms with Crippen molar-refractivity contribution in [2.75, 3.05) is 26.7 Å². The molecule has 0 atom stereocenters. The number of rotatable bonds is 10. The van der Waals surface area contributed by atoms with E-state index in [1.54, 1.807) is 0 Å². The lowest BCUT2D eigenvalue weighted by Crippen LogP contribution is -2.25. The summed E-state index contributed by atoms with van der Waals surface area (Å²) in [4.78, 5) is 23.6. The molecule has 0 aromatic heterocycles. The normalized spacial score (nSPS) is 10.5. The van der Waals surface area contributed by atoms with Crippen molar-refractivity contribution in [1.29, 1.82) is 0 Å². The Hall–Kier alpha value is -1.10. The lowest BCUT2D eigenvalue weighted by atomic mass is 10.2. The number of aliphatic carboxylic acids is 1. The Kier molecular flexibility index (Phi) is 9.43. The Balaban J connectivity index is 3.27. The zero-order valence-corrected chi connectivity index (χ0v) is 10.9. The maximum Gasteiger partial charge on any atom is 0.303 e. The molecule has 0 aromatic rings. The second kappa shape index (κ2) is 10.1. The number of carboxylic acid groups (broad SMARTS) is 1. The van der Waals surface area contributed by atoms with Crippen molar-refractivity contribution in [3.63, 3.8) is 0 Å². The lowest BCUT2D eigenvalue weighted by Gasteiger charge is -2.13. The van der Waals surface area contributed by atoms with E-state index in [2.05, 4.69) is 24.2 Å². The molecule has 0 heterocycles. The van der Waals surface area contributed by atoms with Crippen LogP contribution in [0.5, 0.6) is 0 Å². The Labute approximate surface area is 103 Å². The first-order chi connectivity index (χ1) is 8.06. The summed E-state index contributed by atoms with van der Waals surface area (Å²) in [6.45, 7) is 4.92. The van der Waals surface area contributed by atoms with Gasteiger partial charge in [-0.25, -0.2) is 0 Å². The Morgan fingerprint density at radius 2 is 1.88 bits per heavy atom. The van der Waals surface area contributed by atoms with Gasteiger partial charge in [0.1, 0.15) is 0 Å². The predicted molar refractivity (Wildman–Crippen MR) is 66.9 cm³/mol. The summed E-state index contributed by atoms with van der Waals surface area (Å²) >= 11 is 0. The van der Waals surface area contributed by atoms with E-state index < -0.39 is 5.97 Å². The van der Waals surface area contributed by atoms with E-state index in [0.717, 1.165) is 32.4 Å². The average Bonchev–Trinajstić information content (AvgIpc) is 2.30. The van der Waals surface area contributed by atoms with Crippen LogP contribution in [0.1, 0.15) is 39.0 Å². The Bertz CT molecular complexity index is 232. The number of amides is 1. The second-order valence-electron chi connectivity index (χ2n) is 4.20. The standard InChI is InChI=1S/C12H24N2O3/c1-3-14(2)10-6-4-5-9-13-11(15)7-8-12(16)17/h3-10H2,1-2H3,(H,13,15)(H,16,17). The average molecular weight is 244 g/mol. The van der Waals surface area contributed by atoms with Crippen LogP contribution in [0.25, 0.3) is 0 Å². The van der Waals surface area contributed by atoms with Crippen molar-refractivity contribution in [1.82, 2.24) is 10.2 Å². The molecule has 0 spiro atoms. The summed E-state index contributed by atoms with van der Waals surface area (Å²) in [7, 11) is 2.09. The molecule has 2 N–H and O–H groups in total. The van der Waals surface area contributed by atoms with Crippen LogP contribution < -0.4 is 5.32 Å². The molecule has 0 saturated heterocycles. The number of carbonyl (C=O) groups is 2. The van der Waals surface area contributed by atoms with E-state index in [1.165, 1.54) is 0 Å².